The van der Waals surface area contributed by atoms with Gasteiger partial charge < -0.3 is 9.47 Å². The minimum Gasteiger partial charge on any atom is -0.493 e. The van der Waals surface area contributed by atoms with E-state index in [0.29, 0.717) is 36.6 Å². The number of nitrogens with one attached hydrogen (secondary N) is 1. The number of amides is 2. The zero-order valence-electron chi connectivity index (χ0n) is 18.8. The number of carbonyl (C=O) groups excluding carboxylic acids is 2. The number of thiocarbonyl (C=S) groups is 1. The molecule has 0 unspecified atom stereocenters. The van der Waals surface area contributed by atoms with Gasteiger partial charge in [0.25, 0.3) is 11.8 Å². The zero-order chi connectivity index (χ0) is 26.9. The number of carbonyl (C=O) groups is 2. The first-order valence-electron chi connectivity index (χ1n) is 10.4. The Morgan fingerprint density at radius 2 is 1.68 bits per heavy atom. The summed E-state index contributed by atoms with van der Waals surface area (Å²) in [6.07, 6.45) is 1.42. The Balaban J connectivity index is 1.65. The lowest BCUT2D eigenvalue weighted by molar-refractivity contribution is -0.122. The SMILES string of the molecule is COc1cc(/C=C2\C(=O)NC(=S)N(c3ccc(Cl)cc3Cl)C2=O)cc(Br)c1OCc1ccc(Cl)cc1Cl. The highest BCUT2D eigenvalue weighted by Crippen LogP contribution is 2.39. The first-order valence-corrected chi connectivity index (χ1v) is 13.1. The van der Waals surface area contributed by atoms with E-state index in [1.807, 2.05) is 0 Å². The summed E-state index contributed by atoms with van der Waals surface area (Å²) < 4.78 is 12.0. The molecule has 1 N–H and O–H groups in total. The molecule has 1 heterocycles. The van der Waals surface area contributed by atoms with Crippen molar-refractivity contribution in [2.75, 3.05) is 12.0 Å². The number of nitrogens with zero attached hydrogens (tertiary/aromatic N) is 1. The smallest absolute Gasteiger partial charge is 0.270 e. The lowest BCUT2D eigenvalue weighted by Crippen LogP contribution is -2.54. The number of ether oxygens (including phenoxy) is 2. The van der Waals surface area contributed by atoms with Crippen LogP contribution in [-0.2, 0) is 16.2 Å². The molecule has 0 bridgehead atoms. The fraction of sp³-hybridized carbons (Fsp3) is 0.0800. The number of benzene rings is 3. The van der Waals surface area contributed by atoms with Crippen LogP contribution in [0.2, 0.25) is 20.1 Å². The van der Waals surface area contributed by atoms with Crippen molar-refractivity contribution in [2.24, 2.45) is 0 Å². The Bertz CT molecular complexity index is 1480. The number of hydrogen-bond donors (Lipinski definition) is 1. The van der Waals surface area contributed by atoms with Crippen LogP contribution in [0.15, 0.2) is 58.6 Å². The molecule has 0 aliphatic carbocycles. The fourth-order valence-electron chi connectivity index (χ4n) is 3.46. The second kappa shape index (κ2) is 11.6. The summed E-state index contributed by atoms with van der Waals surface area (Å²) in [5.74, 6) is -0.524. The number of hydrogen-bond acceptors (Lipinski definition) is 5. The Morgan fingerprint density at radius 1 is 1.00 bits per heavy atom. The maximum Gasteiger partial charge on any atom is 0.270 e. The van der Waals surface area contributed by atoms with Crippen LogP contribution in [0.25, 0.3) is 6.08 Å². The van der Waals surface area contributed by atoms with E-state index in [-0.39, 0.29) is 28.0 Å². The third kappa shape index (κ3) is 6.06. The van der Waals surface area contributed by atoms with E-state index in [0.717, 1.165) is 10.5 Å². The third-order valence-electron chi connectivity index (χ3n) is 5.20. The van der Waals surface area contributed by atoms with Gasteiger partial charge in [-0.05, 0) is 82.3 Å². The van der Waals surface area contributed by atoms with Crippen molar-refractivity contribution in [3.63, 3.8) is 0 Å². The molecule has 12 heteroatoms. The summed E-state index contributed by atoms with van der Waals surface area (Å²) in [7, 11) is 1.47. The Kier molecular flexibility index (Phi) is 8.68. The minimum atomic E-state index is -0.649. The number of rotatable bonds is 6. The Morgan fingerprint density at radius 3 is 2.32 bits per heavy atom. The van der Waals surface area contributed by atoms with Gasteiger partial charge in [0.2, 0.25) is 0 Å². The molecular formula is C25H15BrCl4N2O4S. The molecule has 0 spiro atoms. The second-order valence-corrected chi connectivity index (χ2v) is 10.5. The predicted octanol–water partition coefficient (Wildman–Crippen LogP) is 7.48. The van der Waals surface area contributed by atoms with Crippen molar-refractivity contribution < 1.29 is 19.1 Å². The topological polar surface area (TPSA) is 67.9 Å². The van der Waals surface area contributed by atoms with Gasteiger partial charge in [-0.3, -0.25) is 19.8 Å². The lowest BCUT2D eigenvalue weighted by atomic mass is 10.1. The van der Waals surface area contributed by atoms with E-state index < -0.39 is 11.8 Å². The average molecular weight is 661 g/mol. The molecule has 1 saturated heterocycles. The first kappa shape index (κ1) is 27.7. The molecule has 0 aromatic heterocycles. The molecule has 1 fully saturated rings. The van der Waals surface area contributed by atoms with E-state index in [4.69, 9.17) is 68.1 Å². The normalized spacial score (nSPS) is 14.7. The van der Waals surface area contributed by atoms with Crippen molar-refractivity contribution in [3.05, 3.63) is 89.8 Å². The standard InChI is InChI=1S/C25H15BrCl4N2O4S/c1-35-21-8-12(7-17(26)22(21)36-11-13-2-3-14(27)9-18(13)29)6-16-23(33)31-25(37)32(24(16)34)20-5-4-15(28)10-19(20)30/h2-10H,11H2,1H3,(H,31,33,37)/b16-6+. The van der Waals surface area contributed by atoms with Gasteiger partial charge in [0.15, 0.2) is 16.6 Å². The quantitative estimate of drug-likeness (QED) is 0.169. The van der Waals surface area contributed by atoms with Crippen LogP contribution in [0.4, 0.5) is 5.69 Å². The highest BCUT2D eigenvalue weighted by molar-refractivity contribution is 9.10. The van der Waals surface area contributed by atoms with Gasteiger partial charge in [0, 0.05) is 20.6 Å². The summed E-state index contributed by atoms with van der Waals surface area (Å²) in [6.45, 7) is 0.153. The highest BCUT2D eigenvalue weighted by Gasteiger charge is 2.35. The number of halogens is 5. The molecule has 4 rings (SSSR count). The van der Waals surface area contributed by atoms with E-state index in [1.165, 1.54) is 19.3 Å². The van der Waals surface area contributed by atoms with Crippen LogP contribution in [0.5, 0.6) is 11.5 Å². The van der Waals surface area contributed by atoms with Crippen molar-refractivity contribution in [1.82, 2.24) is 5.32 Å². The third-order valence-corrected chi connectivity index (χ3v) is 7.20. The van der Waals surface area contributed by atoms with Gasteiger partial charge in [-0.15, -0.1) is 0 Å². The van der Waals surface area contributed by atoms with Gasteiger partial charge in [0.05, 0.1) is 22.3 Å². The summed E-state index contributed by atoms with van der Waals surface area (Å²) in [5.41, 5.74) is 1.35. The van der Waals surface area contributed by atoms with Crippen molar-refractivity contribution in [2.45, 2.75) is 6.61 Å². The molecule has 1 aliphatic rings. The second-order valence-electron chi connectivity index (χ2n) is 7.61. The summed E-state index contributed by atoms with van der Waals surface area (Å²) in [6, 6.07) is 13.0. The van der Waals surface area contributed by atoms with E-state index >= 15 is 0 Å². The molecule has 0 atom stereocenters. The average Bonchev–Trinajstić information content (AvgIpc) is 2.83. The molecule has 0 radical (unpaired) electrons. The Labute approximate surface area is 246 Å². The van der Waals surface area contributed by atoms with Crippen molar-refractivity contribution in [1.29, 1.82) is 0 Å². The van der Waals surface area contributed by atoms with Crippen LogP contribution >= 0.6 is 74.6 Å². The van der Waals surface area contributed by atoms with Crippen molar-refractivity contribution in [3.8, 4) is 11.5 Å². The van der Waals surface area contributed by atoms with Gasteiger partial charge in [-0.2, -0.15) is 0 Å². The van der Waals surface area contributed by atoms with E-state index in [2.05, 4.69) is 21.2 Å². The minimum absolute atomic E-state index is 0.0975. The molecule has 2 amide bonds. The molecular weight excluding hydrogens is 646 g/mol. The van der Waals surface area contributed by atoms with Crippen molar-refractivity contribution >= 4 is 103 Å². The molecule has 6 nitrogen and oxygen atoms in total. The summed E-state index contributed by atoms with van der Waals surface area (Å²) in [4.78, 5) is 27.2. The van der Waals surface area contributed by atoms with Crippen LogP contribution < -0.4 is 19.7 Å². The van der Waals surface area contributed by atoms with Crippen LogP contribution in [0.1, 0.15) is 11.1 Å². The molecule has 37 heavy (non-hydrogen) atoms. The van der Waals surface area contributed by atoms with Crippen LogP contribution in [0, 0.1) is 0 Å². The molecule has 1 aliphatic heterocycles. The van der Waals surface area contributed by atoms with Crippen LogP contribution in [-0.4, -0.2) is 24.0 Å². The predicted molar refractivity (Wildman–Crippen MR) is 154 cm³/mol. The van der Waals surface area contributed by atoms with Gasteiger partial charge >= 0.3 is 0 Å². The molecule has 3 aromatic carbocycles. The number of methoxy groups -OCH3 is 1. The first-order chi connectivity index (χ1) is 17.6. The largest absolute Gasteiger partial charge is 0.493 e. The highest BCUT2D eigenvalue weighted by atomic mass is 79.9. The van der Waals surface area contributed by atoms with E-state index in [9.17, 15) is 9.59 Å². The van der Waals surface area contributed by atoms with Crippen LogP contribution in [0.3, 0.4) is 0 Å². The zero-order valence-corrected chi connectivity index (χ0v) is 24.2. The maximum atomic E-state index is 13.3. The molecule has 3 aromatic rings. The molecule has 190 valence electrons. The van der Waals surface area contributed by atoms with E-state index in [1.54, 1.807) is 42.5 Å². The monoisotopic (exact) mass is 658 g/mol. The maximum absolute atomic E-state index is 13.3. The molecule has 0 saturated carbocycles. The fourth-order valence-corrected chi connectivity index (χ4v) is 5.26. The summed E-state index contributed by atoms with van der Waals surface area (Å²) >= 11 is 33.2. The van der Waals surface area contributed by atoms with Gasteiger partial charge in [-0.25, -0.2) is 0 Å². The van der Waals surface area contributed by atoms with Gasteiger partial charge in [-0.1, -0.05) is 52.5 Å². The summed E-state index contributed by atoms with van der Waals surface area (Å²) in [5, 5.41) is 4.00. The lowest BCUT2D eigenvalue weighted by Gasteiger charge is -2.29. The Hall–Kier alpha value is -2.33. The van der Waals surface area contributed by atoms with Gasteiger partial charge in [0.1, 0.15) is 12.2 Å². The number of anilines is 1.